The van der Waals surface area contributed by atoms with E-state index in [1.807, 2.05) is 0 Å². The van der Waals surface area contributed by atoms with Crippen LogP contribution in [0.2, 0.25) is 0 Å². The summed E-state index contributed by atoms with van der Waals surface area (Å²) >= 11 is 0. The summed E-state index contributed by atoms with van der Waals surface area (Å²) in [5, 5.41) is 0. The molecule has 112 valence electrons. The molecule has 0 aliphatic carbocycles. The normalized spacial score (nSPS) is 11.4. The Bertz CT molecular complexity index is 410. The Balaban J connectivity index is 2.41. The predicted octanol–water partition coefficient (Wildman–Crippen LogP) is 4.78. The molecule has 1 aromatic carbocycles. The van der Waals surface area contributed by atoms with Crippen molar-refractivity contribution in [3.63, 3.8) is 0 Å². The molecular weight excluding hydrogens is 269 g/mol. The standard InChI is InChI=1S/C15H19F3O2/c1-2-3-11-20-13-8-6-12(7-9-13)14(19)5-4-10-15(16,17)18/h6-9H,2-5,10-11H2,1H3. The van der Waals surface area contributed by atoms with Gasteiger partial charge in [-0.05, 0) is 37.1 Å². The first-order valence-corrected chi connectivity index (χ1v) is 6.75. The van der Waals surface area contributed by atoms with Crippen LogP contribution < -0.4 is 4.74 Å². The summed E-state index contributed by atoms with van der Waals surface area (Å²) in [6, 6.07) is 6.54. The summed E-state index contributed by atoms with van der Waals surface area (Å²) in [6.45, 7) is 2.68. The van der Waals surface area contributed by atoms with Gasteiger partial charge in [-0.3, -0.25) is 4.79 Å². The zero-order valence-corrected chi connectivity index (χ0v) is 11.5. The molecule has 0 unspecified atom stereocenters. The molecule has 0 spiro atoms. The third kappa shape index (κ3) is 6.59. The lowest BCUT2D eigenvalue weighted by atomic mass is 10.1. The van der Waals surface area contributed by atoms with Crippen LogP contribution in [0.3, 0.4) is 0 Å². The Morgan fingerprint density at radius 1 is 1.15 bits per heavy atom. The minimum atomic E-state index is -4.20. The number of hydrogen-bond acceptors (Lipinski definition) is 2. The summed E-state index contributed by atoms with van der Waals surface area (Å²) in [5.74, 6) is 0.402. The Hall–Kier alpha value is -1.52. The second-order valence-electron chi connectivity index (χ2n) is 4.62. The first-order chi connectivity index (χ1) is 9.42. The Labute approximate surface area is 116 Å². The molecule has 0 radical (unpaired) electrons. The molecule has 0 saturated carbocycles. The van der Waals surface area contributed by atoms with Gasteiger partial charge in [0.2, 0.25) is 0 Å². The van der Waals surface area contributed by atoms with Gasteiger partial charge in [0.05, 0.1) is 6.61 Å². The van der Waals surface area contributed by atoms with Crippen LogP contribution in [0.15, 0.2) is 24.3 Å². The average molecular weight is 288 g/mol. The molecule has 20 heavy (non-hydrogen) atoms. The summed E-state index contributed by atoms with van der Waals surface area (Å²) < 4.78 is 41.4. The molecule has 0 N–H and O–H groups in total. The lowest BCUT2D eigenvalue weighted by Gasteiger charge is -2.07. The fraction of sp³-hybridized carbons (Fsp3) is 0.533. The molecule has 5 heteroatoms. The van der Waals surface area contributed by atoms with Gasteiger partial charge < -0.3 is 4.74 Å². The first-order valence-electron chi connectivity index (χ1n) is 6.75. The number of halogens is 3. The largest absolute Gasteiger partial charge is 0.494 e. The van der Waals surface area contributed by atoms with Gasteiger partial charge in [0, 0.05) is 18.4 Å². The van der Waals surface area contributed by atoms with Gasteiger partial charge in [0.1, 0.15) is 5.75 Å². The number of benzene rings is 1. The second kappa shape index (κ2) is 7.92. The van der Waals surface area contributed by atoms with Crippen molar-refractivity contribution in [3.05, 3.63) is 29.8 Å². The van der Waals surface area contributed by atoms with Gasteiger partial charge in [-0.2, -0.15) is 13.2 Å². The molecule has 2 nitrogen and oxygen atoms in total. The van der Waals surface area contributed by atoms with Gasteiger partial charge in [-0.25, -0.2) is 0 Å². The van der Waals surface area contributed by atoms with Crippen LogP contribution in [0.4, 0.5) is 13.2 Å². The van der Waals surface area contributed by atoms with Crippen molar-refractivity contribution in [1.82, 2.24) is 0 Å². The lowest BCUT2D eigenvalue weighted by molar-refractivity contribution is -0.135. The summed E-state index contributed by atoms with van der Waals surface area (Å²) in [6.07, 6.45) is -3.38. The molecule has 0 heterocycles. The van der Waals surface area contributed by atoms with E-state index >= 15 is 0 Å². The minimum Gasteiger partial charge on any atom is -0.494 e. The number of ether oxygens (including phenoxy) is 1. The van der Waals surface area contributed by atoms with E-state index in [-0.39, 0.29) is 18.6 Å². The van der Waals surface area contributed by atoms with Gasteiger partial charge >= 0.3 is 6.18 Å². The molecule has 0 amide bonds. The molecule has 0 fully saturated rings. The van der Waals surface area contributed by atoms with Crippen molar-refractivity contribution < 1.29 is 22.7 Å². The van der Waals surface area contributed by atoms with E-state index in [0.717, 1.165) is 12.8 Å². The SMILES string of the molecule is CCCCOc1ccc(C(=O)CCCC(F)(F)F)cc1. The van der Waals surface area contributed by atoms with E-state index in [4.69, 9.17) is 4.74 Å². The van der Waals surface area contributed by atoms with E-state index in [2.05, 4.69) is 6.92 Å². The fourth-order valence-corrected chi connectivity index (χ4v) is 1.67. The third-order valence-corrected chi connectivity index (χ3v) is 2.81. The predicted molar refractivity (Wildman–Crippen MR) is 71.1 cm³/mol. The lowest BCUT2D eigenvalue weighted by Crippen LogP contribution is -2.08. The quantitative estimate of drug-likeness (QED) is 0.508. The van der Waals surface area contributed by atoms with Gasteiger partial charge in [-0.1, -0.05) is 13.3 Å². The number of hydrogen-bond donors (Lipinski definition) is 0. The molecule has 0 saturated heterocycles. The van der Waals surface area contributed by atoms with Crippen LogP contribution >= 0.6 is 0 Å². The summed E-state index contributed by atoms with van der Waals surface area (Å²) in [5.41, 5.74) is 0.426. The summed E-state index contributed by atoms with van der Waals surface area (Å²) in [7, 11) is 0. The van der Waals surface area contributed by atoms with Crippen LogP contribution in [-0.2, 0) is 0 Å². The number of carbonyl (C=O) groups excluding carboxylic acids is 1. The fourth-order valence-electron chi connectivity index (χ4n) is 1.67. The average Bonchev–Trinajstić information content (AvgIpc) is 2.38. The van der Waals surface area contributed by atoms with E-state index in [0.29, 0.717) is 17.9 Å². The van der Waals surface area contributed by atoms with Crippen LogP contribution in [0, 0.1) is 0 Å². The Kier molecular flexibility index (Phi) is 6.55. The van der Waals surface area contributed by atoms with Gasteiger partial charge in [0.25, 0.3) is 0 Å². The van der Waals surface area contributed by atoms with Crippen LogP contribution in [0.25, 0.3) is 0 Å². The topological polar surface area (TPSA) is 26.3 Å². The molecular formula is C15H19F3O2. The molecule has 0 aliphatic heterocycles. The second-order valence-corrected chi connectivity index (χ2v) is 4.62. The first kappa shape index (κ1) is 16.5. The monoisotopic (exact) mass is 288 g/mol. The third-order valence-electron chi connectivity index (χ3n) is 2.81. The molecule has 0 aromatic heterocycles. The van der Waals surface area contributed by atoms with E-state index in [1.165, 1.54) is 0 Å². The van der Waals surface area contributed by atoms with E-state index in [1.54, 1.807) is 24.3 Å². The van der Waals surface area contributed by atoms with E-state index < -0.39 is 12.6 Å². The number of rotatable bonds is 8. The highest BCUT2D eigenvalue weighted by Gasteiger charge is 2.26. The number of alkyl halides is 3. The van der Waals surface area contributed by atoms with Crippen molar-refractivity contribution in [2.24, 2.45) is 0 Å². The smallest absolute Gasteiger partial charge is 0.389 e. The van der Waals surface area contributed by atoms with Gasteiger partial charge in [0.15, 0.2) is 5.78 Å². The van der Waals surface area contributed by atoms with Gasteiger partial charge in [-0.15, -0.1) is 0 Å². The molecule has 1 aromatic rings. The van der Waals surface area contributed by atoms with Crippen LogP contribution in [-0.4, -0.2) is 18.6 Å². The Morgan fingerprint density at radius 2 is 1.80 bits per heavy atom. The molecule has 0 bridgehead atoms. The van der Waals surface area contributed by atoms with Crippen molar-refractivity contribution in [3.8, 4) is 5.75 Å². The minimum absolute atomic E-state index is 0.0877. The zero-order valence-electron chi connectivity index (χ0n) is 11.5. The Morgan fingerprint density at radius 3 is 2.35 bits per heavy atom. The molecule has 0 atom stereocenters. The maximum Gasteiger partial charge on any atom is 0.389 e. The highest BCUT2D eigenvalue weighted by atomic mass is 19.4. The van der Waals surface area contributed by atoms with Crippen molar-refractivity contribution in [1.29, 1.82) is 0 Å². The molecule has 0 aliphatic rings. The zero-order chi connectivity index (χ0) is 15.0. The van der Waals surface area contributed by atoms with Crippen molar-refractivity contribution in [2.45, 2.75) is 45.2 Å². The van der Waals surface area contributed by atoms with Crippen molar-refractivity contribution >= 4 is 5.78 Å². The maximum absolute atomic E-state index is 12.0. The maximum atomic E-state index is 12.0. The number of ketones is 1. The van der Waals surface area contributed by atoms with Crippen LogP contribution in [0.5, 0.6) is 5.75 Å². The van der Waals surface area contributed by atoms with Crippen molar-refractivity contribution in [2.75, 3.05) is 6.61 Å². The highest BCUT2D eigenvalue weighted by Crippen LogP contribution is 2.23. The number of Topliss-reactive ketones (excluding diaryl/α,β-unsaturated/α-hetero) is 1. The molecule has 1 rings (SSSR count). The highest BCUT2D eigenvalue weighted by molar-refractivity contribution is 5.96. The number of carbonyl (C=O) groups is 1. The van der Waals surface area contributed by atoms with E-state index in [9.17, 15) is 18.0 Å². The van der Waals surface area contributed by atoms with Crippen LogP contribution in [0.1, 0.15) is 49.4 Å². The summed E-state index contributed by atoms with van der Waals surface area (Å²) in [4.78, 5) is 11.7. The number of unbranched alkanes of at least 4 members (excludes halogenated alkanes) is 1.